The van der Waals surface area contributed by atoms with Crippen LogP contribution in [0.2, 0.25) is 0 Å². The first-order chi connectivity index (χ1) is 9.33. The molecule has 1 rings (SSSR count). The third-order valence-electron chi connectivity index (χ3n) is 2.91. The van der Waals surface area contributed by atoms with Gasteiger partial charge in [-0.2, -0.15) is 13.2 Å². The number of carbonyl (C=O) groups is 1. The van der Waals surface area contributed by atoms with Gasteiger partial charge in [-0.1, -0.05) is 37.3 Å². The van der Waals surface area contributed by atoms with E-state index in [9.17, 15) is 18.0 Å². The molecule has 112 valence electrons. The SMILES string of the molecule is CCC(C)N(Cc1ccccc1)C(=O)OCC(F)(F)F. The Morgan fingerprint density at radius 3 is 2.40 bits per heavy atom. The summed E-state index contributed by atoms with van der Waals surface area (Å²) in [4.78, 5) is 13.1. The second-order valence-electron chi connectivity index (χ2n) is 4.54. The quantitative estimate of drug-likeness (QED) is 0.820. The molecule has 0 fully saturated rings. The minimum absolute atomic E-state index is 0.198. The normalized spacial score (nSPS) is 12.8. The zero-order valence-corrected chi connectivity index (χ0v) is 11.5. The summed E-state index contributed by atoms with van der Waals surface area (Å²) in [6.07, 6.45) is -4.82. The largest absolute Gasteiger partial charge is 0.440 e. The summed E-state index contributed by atoms with van der Waals surface area (Å²) in [6.45, 7) is 2.30. The number of carbonyl (C=O) groups excluding carboxylic acids is 1. The number of nitrogens with zero attached hydrogens (tertiary/aromatic N) is 1. The molecule has 20 heavy (non-hydrogen) atoms. The molecule has 0 aromatic heterocycles. The average molecular weight is 289 g/mol. The number of hydrogen-bond donors (Lipinski definition) is 0. The lowest BCUT2D eigenvalue weighted by atomic mass is 10.1. The fourth-order valence-electron chi connectivity index (χ4n) is 1.63. The molecular formula is C14H18F3NO2. The van der Waals surface area contributed by atoms with Gasteiger partial charge >= 0.3 is 12.3 Å². The summed E-state index contributed by atoms with van der Waals surface area (Å²) in [7, 11) is 0. The fraction of sp³-hybridized carbons (Fsp3) is 0.500. The third-order valence-corrected chi connectivity index (χ3v) is 2.91. The molecule has 3 nitrogen and oxygen atoms in total. The molecule has 1 unspecified atom stereocenters. The Labute approximate surface area is 116 Å². The first kappa shape index (κ1) is 16.3. The minimum atomic E-state index is -4.51. The topological polar surface area (TPSA) is 29.5 Å². The van der Waals surface area contributed by atoms with Crippen LogP contribution in [0.25, 0.3) is 0 Å². The molecule has 0 spiro atoms. The maximum atomic E-state index is 12.1. The summed E-state index contributed by atoms with van der Waals surface area (Å²) >= 11 is 0. The Morgan fingerprint density at radius 2 is 1.90 bits per heavy atom. The van der Waals surface area contributed by atoms with E-state index in [1.54, 1.807) is 6.92 Å². The van der Waals surface area contributed by atoms with E-state index in [2.05, 4.69) is 4.74 Å². The molecule has 1 aromatic rings. The van der Waals surface area contributed by atoms with E-state index in [1.807, 2.05) is 37.3 Å². The number of ether oxygens (including phenoxy) is 1. The average Bonchev–Trinajstić information content (AvgIpc) is 2.41. The number of amides is 1. The molecule has 0 N–H and O–H groups in total. The van der Waals surface area contributed by atoms with Crippen molar-refractivity contribution in [1.82, 2.24) is 4.90 Å². The second-order valence-corrected chi connectivity index (χ2v) is 4.54. The monoisotopic (exact) mass is 289 g/mol. The van der Waals surface area contributed by atoms with Crippen molar-refractivity contribution in [2.75, 3.05) is 6.61 Å². The molecular weight excluding hydrogens is 271 g/mol. The summed E-state index contributed by atoms with van der Waals surface area (Å²) in [6, 6.07) is 8.88. The van der Waals surface area contributed by atoms with Crippen LogP contribution in [0.3, 0.4) is 0 Å². The smallest absolute Gasteiger partial charge is 0.422 e. The number of benzene rings is 1. The lowest BCUT2D eigenvalue weighted by molar-refractivity contribution is -0.163. The van der Waals surface area contributed by atoms with E-state index < -0.39 is 18.9 Å². The van der Waals surface area contributed by atoms with E-state index in [0.29, 0.717) is 6.42 Å². The molecule has 1 amide bonds. The van der Waals surface area contributed by atoms with Gasteiger partial charge in [0.25, 0.3) is 0 Å². The van der Waals surface area contributed by atoms with Gasteiger partial charge in [-0.15, -0.1) is 0 Å². The number of rotatable bonds is 5. The molecule has 0 saturated carbocycles. The van der Waals surface area contributed by atoms with E-state index in [-0.39, 0.29) is 12.6 Å². The van der Waals surface area contributed by atoms with Gasteiger partial charge < -0.3 is 9.64 Å². The van der Waals surface area contributed by atoms with Crippen LogP contribution in [0.5, 0.6) is 0 Å². The Bertz CT molecular complexity index is 420. The fourth-order valence-corrected chi connectivity index (χ4v) is 1.63. The maximum absolute atomic E-state index is 12.1. The summed E-state index contributed by atoms with van der Waals surface area (Å²) in [5.74, 6) is 0. The Balaban J connectivity index is 2.71. The predicted molar refractivity (Wildman–Crippen MR) is 69.1 cm³/mol. The zero-order valence-electron chi connectivity index (χ0n) is 11.5. The van der Waals surface area contributed by atoms with Gasteiger partial charge in [0, 0.05) is 12.6 Å². The number of hydrogen-bond acceptors (Lipinski definition) is 2. The molecule has 0 aliphatic carbocycles. The first-order valence-electron chi connectivity index (χ1n) is 6.37. The van der Waals surface area contributed by atoms with Crippen LogP contribution in [0, 0.1) is 0 Å². The molecule has 0 heterocycles. The van der Waals surface area contributed by atoms with Crippen LogP contribution < -0.4 is 0 Å². The van der Waals surface area contributed by atoms with Gasteiger partial charge in [-0.25, -0.2) is 4.79 Å². The van der Waals surface area contributed by atoms with Crippen LogP contribution in [0.15, 0.2) is 30.3 Å². The van der Waals surface area contributed by atoms with Gasteiger partial charge in [0.2, 0.25) is 0 Å². The van der Waals surface area contributed by atoms with Crippen LogP contribution in [0.1, 0.15) is 25.8 Å². The van der Waals surface area contributed by atoms with Crippen molar-refractivity contribution in [1.29, 1.82) is 0 Å². The number of alkyl halides is 3. The lowest BCUT2D eigenvalue weighted by Gasteiger charge is -2.28. The van der Waals surface area contributed by atoms with Crippen molar-refractivity contribution in [3.8, 4) is 0 Å². The number of halogens is 3. The molecule has 1 atom stereocenters. The highest BCUT2D eigenvalue weighted by atomic mass is 19.4. The van der Waals surface area contributed by atoms with Crippen molar-refractivity contribution < 1.29 is 22.7 Å². The van der Waals surface area contributed by atoms with Gasteiger partial charge in [0.15, 0.2) is 6.61 Å². The summed E-state index contributed by atoms with van der Waals surface area (Å²) < 4.78 is 40.6. The minimum Gasteiger partial charge on any atom is -0.440 e. The first-order valence-corrected chi connectivity index (χ1v) is 6.37. The third kappa shape index (κ3) is 5.50. The Morgan fingerprint density at radius 1 is 1.30 bits per heavy atom. The Kier molecular flexibility index (Phi) is 5.85. The van der Waals surface area contributed by atoms with Crippen LogP contribution in [-0.4, -0.2) is 29.8 Å². The van der Waals surface area contributed by atoms with Crippen LogP contribution >= 0.6 is 0 Å². The second kappa shape index (κ2) is 7.17. The summed E-state index contributed by atoms with van der Waals surface area (Å²) in [5.41, 5.74) is 0.844. The van der Waals surface area contributed by atoms with E-state index in [0.717, 1.165) is 5.56 Å². The highest BCUT2D eigenvalue weighted by Crippen LogP contribution is 2.17. The van der Waals surface area contributed by atoms with Crippen LogP contribution in [-0.2, 0) is 11.3 Å². The van der Waals surface area contributed by atoms with Crippen molar-refractivity contribution in [3.63, 3.8) is 0 Å². The lowest BCUT2D eigenvalue weighted by Crippen LogP contribution is -2.39. The molecule has 0 aliphatic rings. The van der Waals surface area contributed by atoms with Gasteiger partial charge in [-0.05, 0) is 18.9 Å². The maximum Gasteiger partial charge on any atom is 0.422 e. The van der Waals surface area contributed by atoms with Crippen LogP contribution in [0.4, 0.5) is 18.0 Å². The standard InChI is InChI=1S/C14H18F3NO2/c1-3-11(2)18(9-12-7-5-4-6-8-12)13(19)20-10-14(15,16)17/h4-8,11H,3,9-10H2,1-2H3. The van der Waals surface area contributed by atoms with Gasteiger partial charge in [0.05, 0.1) is 0 Å². The van der Waals surface area contributed by atoms with E-state index in [4.69, 9.17) is 0 Å². The van der Waals surface area contributed by atoms with E-state index >= 15 is 0 Å². The van der Waals surface area contributed by atoms with Crippen molar-refractivity contribution in [2.45, 2.75) is 39.0 Å². The highest BCUT2D eigenvalue weighted by Gasteiger charge is 2.31. The summed E-state index contributed by atoms with van der Waals surface area (Å²) in [5, 5.41) is 0. The molecule has 1 aromatic carbocycles. The zero-order chi connectivity index (χ0) is 15.2. The van der Waals surface area contributed by atoms with Crippen molar-refractivity contribution >= 4 is 6.09 Å². The molecule has 0 radical (unpaired) electrons. The van der Waals surface area contributed by atoms with Gasteiger partial charge in [0.1, 0.15) is 0 Å². The highest BCUT2D eigenvalue weighted by molar-refractivity contribution is 5.68. The predicted octanol–water partition coefficient (Wildman–Crippen LogP) is 3.99. The van der Waals surface area contributed by atoms with E-state index in [1.165, 1.54) is 4.90 Å². The molecule has 0 aliphatic heterocycles. The van der Waals surface area contributed by atoms with Crippen molar-refractivity contribution in [3.05, 3.63) is 35.9 Å². The molecule has 6 heteroatoms. The Hall–Kier alpha value is -1.72. The van der Waals surface area contributed by atoms with Crippen molar-refractivity contribution in [2.24, 2.45) is 0 Å². The molecule has 0 bridgehead atoms. The molecule has 0 saturated heterocycles. The van der Waals surface area contributed by atoms with Gasteiger partial charge in [-0.3, -0.25) is 0 Å².